The van der Waals surface area contributed by atoms with Gasteiger partial charge in [-0.3, -0.25) is 0 Å². The molecular weight excluding hydrogens is 256 g/mol. The van der Waals surface area contributed by atoms with Gasteiger partial charge in [-0.2, -0.15) is 0 Å². The number of hydrogen-bond donors (Lipinski definition) is 1. The van der Waals surface area contributed by atoms with E-state index in [1.54, 1.807) is 0 Å². The molecule has 0 aliphatic heterocycles. The van der Waals surface area contributed by atoms with E-state index >= 15 is 0 Å². The summed E-state index contributed by atoms with van der Waals surface area (Å²) in [7, 11) is 4.18. The van der Waals surface area contributed by atoms with Crippen LogP contribution in [0.2, 0.25) is 5.02 Å². The van der Waals surface area contributed by atoms with E-state index in [0.717, 1.165) is 17.5 Å². The van der Waals surface area contributed by atoms with E-state index in [4.69, 9.17) is 11.6 Å². The van der Waals surface area contributed by atoms with E-state index in [-0.39, 0.29) is 0 Å². The molecular formula is C16H25ClN2. The van der Waals surface area contributed by atoms with Gasteiger partial charge in [0.05, 0.1) is 0 Å². The first-order valence-electron chi connectivity index (χ1n) is 7.28. The van der Waals surface area contributed by atoms with E-state index in [9.17, 15) is 0 Å². The molecule has 3 heteroatoms. The van der Waals surface area contributed by atoms with Gasteiger partial charge in [0.1, 0.15) is 0 Å². The third-order valence-electron chi connectivity index (χ3n) is 4.36. The van der Waals surface area contributed by atoms with Gasteiger partial charge < -0.3 is 10.2 Å². The van der Waals surface area contributed by atoms with Gasteiger partial charge in [0.15, 0.2) is 0 Å². The van der Waals surface area contributed by atoms with E-state index in [0.29, 0.717) is 6.04 Å². The maximum Gasteiger partial charge on any atom is 0.0471 e. The van der Waals surface area contributed by atoms with Crippen LogP contribution in [0.15, 0.2) is 18.2 Å². The third kappa shape index (κ3) is 3.43. The molecule has 1 aromatic carbocycles. The van der Waals surface area contributed by atoms with Gasteiger partial charge in [0.25, 0.3) is 0 Å². The molecule has 0 radical (unpaired) electrons. The minimum atomic E-state index is 0.658. The molecule has 1 aliphatic rings. The Hall–Kier alpha value is -0.730. The highest BCUT2D eigenvalue weighted by atomic mass is 35.5. The van der Waals surface area contributed by atoms with Crippen LogP contribution < -0.4 is 10.2 Å². The Morgan fingerprint density at radius 1 is 1.26 bits per heavy atom. The van der Waals surface area contributed by atoms with Gasteiger partial charge in [-0.15, -0.1) is 0 Å². The fourth-order valence-corrected chi connectivity index (χ4v) is 3.29. The molecule has 0 amide bonds. The number of nitrogens with zero attached hydrogens (tertiary/aromatic N) is 1. The Bertz CT molecular complexity index is 411. The fraction of sp³-hybridized carbons (Fsp3) is 0.625. The molecule has 0 unspecified atom stereocenters. The van der Waals surface area contributed by atoms with E-state index in [2.05, 4.69) is 36.3 Å². The molecule has 1 N–H and O–H groups in total. The lowest BCUT2D eigenvalue weighted by Crippen LogP contribution is -2.35. The number of halogens is 1. The number of benzene rings is 1. The second-order valence-corrected chi connectivity index (χ2v) is 6.20. The van der Waals surface area contributed by atoms with Gasteiger partial charge in [-0.05, 0) is 50.8 Å². The van der Waals surface area contributed by atoms with Gasteiger partial charge in [0, 0.05) is 35.9 Å². The molecule has 0 saturated heterocycles. The number of nitrogens with one attached hydrogen (secondary N) is 1. The smallest absolute Gasteiger partial charge is 0.0471 e. The summed E-state index contributed by atoms with van der Waals surface area (Å²) in [5, 5.41) is 4.08. The summed E-state index contributed by atoms with van der Waals surface area (Å²) in [4.78, 5) is 2.43. The third-order valence-corrected chi connectivity index (χ3v) is 4.71. The van der Waals surface area contributed by atoms with Crippen molar-refractivity contribution in [2.45, 2.75) is 45.2 Å². The molecule has 19 heavy (non-hydrogen) atoms. The number of rotatable bonds is 4. The zero-order chi connectivity index (χ0) is 13.8. The minimum Gasteiger partial charge on any atom is -0.371 e. The molecule has 106 valence electrons. The van der Waals surface area contributed by atoms with Crippen LogP contribution in [0.25, 0.3) is 0 Å². The van der Waals surface area contributed by atoms with Crippen LogP contribution in [0.1, 0.15) is 38.2 Å². The van der Waals surface area contributed by atoms with Crippen LogP contribution in [0.3, 0.4) is 0 Å². The average Bonchev–Trinajstić information content (AvgIpc) is 2.41. The van der Waals surface area contributed by atoms with Crippen molar-refractivity contribution in [1.29, 1.82) is 0 Å². The minimum absolute atomic E-state index is 0.658. The Labute approximate surface area is 122 Å². The molecule has 0 atom stereocenters. The lowest BCUT2D eigenvalue weighted by Gasteiger charge is -2.36. The van der Waals surface area contributed by atoms with Gasteiger partial charge >= 0.3 is 0 Å². The van der Waals surface area contributed by atoms with Gasteiger partial charge in [-0.1, -0.05) is 24.6 Å². The largest absolute Gasteiger partial charge is 0.371 e. The monoisotopic (exact) mass is 280 g/mol. The maximum absolute atomic E-state index is 6.35. The Morgan fingerprint density at radius 2 is 1.95 bits per heavy atom. The molecule has 2 nitrogen and oxygen atoms in total. The predicted molar refractivity (Wildman–Crippen MR) is 84.0 cm³/mol. The topological polar surface area (TPSA) is 15.3 Å². The molecule has 1 aromatic rings. The Balaban J connectivity index is 2.18. The highest BCUT2D eigenvalue weighted by molar-refractivity contribution is 6.31. The fourth-order valence-electron chi connectivity index (χ4n) is 3.06. The summed E-state index contributed by atoms with van der Waals surface area (Å²) < 4.78 is 0. The first-order valence-corrected chi connectivity index (χ1v) is 7.66. The van der Waals surface area contributed by atoms with Crippen LogP contribution in [-0.4, -0.2) is 20.1 Å². The summed E-state index contributed by atoms with van der Waals surface area (Å²) in [6.07, 6.45) is 5.28. The molecule has 0 heterocycles. The lowest BCUT2D eigenvalue weighted by atomic mass is 9.86. The van der Waals surface area contributed by atoms with Crippen LogP contribution in [0.5, 0.6) is 0 Å². The van der Waals surface area contributed by atoms with Crippen molar-refractivity contribution >= 4 is 17.3 Å². The normalized spacial score (nSPS) is 23.4. The molecule has 0 aromatic heterocycles. The summed E-state index contributed by atoms with van der Waals surface area (Å²) in [5.74, 6) is 0.890. The maximum atomic E-state index is 6.35. The average molecular weight is 281 g/mol. The molecule has 2 rings (SSSR count). The van der Waals surface area contributed by atoms with E-state index in [1.165, 1.54) is 36.9 Å². The lowest BCUT2D eigenvalue weighted by molar-refractivity contribution is 0.340. The standard InChI is InChI=1S/C16H25ClN2/c1-12-7-9-13(10-8-12)19(3)16-6-4-5-15(17)14(16)11-18-2/h4-6,12-13,18H,7-11H2,1-3H3. The highest BCUT2D eigenvalue weighted by Crippen LogP contribution is 2.33. The second kappa shape index (κ2) is 6.62. The van der Waals surface area contributed by atoms with Crippen LogP contribution >= 0.6 is 11.6 Å². The summed E-state index contributed by atoms with van der Waals surface area (Å²) in [6.45, 7) is 3.19. The van der Waals surface area contributed by atoms with Crippen LogP contribution in [0.4, 0.5) is 5.69 Å². The summed E-state index contributed by atoms with van der Waals surface area (Å²) >= 11 is 6.35. The van der Waals surface area contributed by atoms with Crippen molar-refractivity contribution in [2.24, 2.45) is 5.92 Å². The number of anilines is 1. The number of hydrogen-bond acceptors (Lipinski definition) is 2. The zero-order valence-corrected chi connectivity index (χ0v) is 13.0. The van der Waals surface area contributed by atoms with Crippen molar-refractivity contribution in [2.75, 3.05) is 19.0 Å². The van der Waals surface area contributed by atoms with Crippen molar-refractivity contribution in [3.8, 4) is 0 Å². The van der Waals surface area contributed by atoms with Crippen molar-refractivity contribution in [1.82, 2.24) is 5.32 Å². The Kier molecular flexibility index (Phi) is 5.12. The van der Waals surface area contributed by atoms with E-state index < -0.39 is 0 Å². The van der Waals surface area contributed by atoms with Crippen LogP contribution in [-0.2, 0) is 6.54 Å². The second-order valence-electron chi connectivity index (χ2n) is 5.79. The first kappa shape index (κ1) is 14.7. The zero-order valence-electron chi connectivity index (χ0n) is 12.2. The molecule has 1 aliphatic carbocycles. The quantitative estimate of drug-likeness (QED) is 0.894. The Morgan fingerprint density at radius 3 is 2.58 bits per heavy atom. The van der Waals surface area contributed by atoms with E-state index in [1.807, 2.05) is 13.1 Å². The summed E-state index contributed by atoms with van der Waals surface area (Å²) in [5.41, 5.74) is 2.49. The van der Waals surface area contributed by atoms with Crippen molar-refractivity contribution < 1.29 is 0 Å². The first-order chi connectivity index (χ1) is 9.13. The summed E-state index contributed by atoms with van der Waals surface area (Å²) in [6, 6.07) is 6.88. The molecule has 0 bridgehead atoms. The van der Waals surface area contributed by atoms with Crippen molar-refractivity contribution in [3.63, 3.8) is 0 Å². The SMILES string of the molecule is CNCc1c(Cl)cccc1N(C)C1CCC(C)CC1. The molecule has 0 spiro atoms. The van der Waals surface area contributed by atoms with Gasteiger partial charge in [0.2, 0.25) is 0 Å². The van der Waals surface area contributed by atoms with Crippen molar-refractivity contribution in [3.05, 3.63) is 28.8 Å². The molecule has 1 saturated carbocycles. The highest BCUT2D eigenvalue weighted by Gasteiger charge is 2.23. The van der Waals surface area contributed by atoms with Gasteiger partial charge in [-0.25, -0.2) is 0 Å². The predicted octanol–water partition coefficient (Wildman–Crippen LogP) is 4.07. The van der Waals surface area contributed by atoms with Crippen LogP contribution in [0, 0.1) is 5.92 Å². The molecule has 1 fully saturated rings.